The zero-order chi connectivity index (χ0) is 15.0. The highest BCUT2D eigenvalue weighted by Crippen LogP contribution is 2.43. The van der Waals surface area contributed by atoms with Crippen molar-refractivity contribution in [2.45, 2.75) is 90.6 Å². The molecule has 0 spiro atoms. The first-order valence-corrected chi connectivity index (χ1v) is 8.16. The first-order valence-electron chi connectivity index (χ1n) is 8.16. The molecule has 0 aliphatic carbocycles. The zero-order valence-corrected chi connectivity index (χ0v) is 14.2. The van der Waals surface area contributed by atoms with Crippen molar-refractivity contribution in [3.05, 3.63) is 0 Å². The van der Waals surface area contributed by atoms with Crippen LogP contribution in [0.25, 0.3) is 0 Å². The molecular formula is C17H33NO2. The second-order valence-corrected chi connectivity index (χ2v) is 8.47. The zero-order valence-electron chi connectivity index (χ0n) is 14.2. The van der Waals surface area contributed by atoms with Gasteiger partial charge < -0.3 is 14.8 Å². The fraction of sp³-hybridized carbons (Fsp3) is 1.00. The fourth-order valence-electron chi connectivity index (χ4n) is 3.51. The van der Waals surface area contributed by atoms with Gasteiger partial charge in [-0.05, 0) is 67.2 Å². The van der Waals surface area contributed by atoms with Crippen LogP contribution in [-0.2, 0) is 9.47 Å². The molecule has 0 aromatic rings. The van der Waals surface area contributed by atoms with E-state index in [1.807, 2.05) is 0 Å². The Morgan fingerprint density at radius 3 is 2.35 bits per heavy atom. The van der Waals surface area contributed by atoms with Gasteiger partial charge in [0.05, 0.1) is 17.8 Å². The predicted octanol–water partition coefficient (Wildman–Crippen LogP) is 3.52. The average Bonchev–Trinajstić information content (AvgIpc) is 2.81. The number of ether oxygens (including phenoxy) is 2. The molecule has 0 saturated carbocycles. The fourth-order valence-corrected chi connectivity index (χ4v) is 3.51. The molecule has 2 aliphatic heterocycles. The molecule has 3 atom stereocenters. The predicted molar refractivity (Wildman–Crippen MR) is 83.0 cm³/mol. The second kappa shape index (κ2) is 5.58. The van der Waals surface area contributed by atoms with E-state index in [-0.39, 0.29) is 16.6 Å². The highest BCUT2D eigenvalue weighted by atomic mass is 16.5. The Balaban J connectivity index is 2.01. The second-order valence-electron chi connectivity index (χ2n) is 8.47. The summed E-state index contributed by atoms with van der Waals surface area (Å²) in [6.45, 7) is 15.3. The van der Waals surface area contributed by atoms with Crippen LogP contribution in [0.5, 0.6) is 0 Å². The van der Waals surface area contributed by atoms with E-state index < -0.39 is 0 Å². The number of nitrogens with one attached hydrogen (secondary N) is 1. The quantitative estimate of drug-likeness (QED) is 0.856. The van der Waals surface area contributed by atoms with Gasteiger partial charge in [-0.2, -0.15) is 0 Å². The third kappa shape index (κ3) is 3.96. The van der Waals surface area contributed by atoms with E-state index in [9.17, 15) is 0 Å². The molecule has 0 aromatic heterocycles. The van der Waals surface area contributed by atoms with Gasteiger partial charge >= 0.3 is 0 Å². The summed E-state index contributed by atoms with van der Waals surface area (Å²) in [6.07, 6.45) is 5.37. The van der Waals surface area contributed by atoms with Gasteiger partial charge in [-0.3, -0.25) is 0 Å². The lowest BCUT2D eigenvalue weighted by Gasteiger charge is -2.37. The summed E-state index contributed by atoms with van der Waals surface area (Å²) in [7, 11) is 0. The number of hydrogen-bond acceptors (Lipinski definition) is 3. The summed E-state index contributed by atoms with van der Waals surface area (Å²) >= 11 is 0. The molecule has 118 valence electrons. The number of hydrogen-bond donors (Lipinski definition) is 1. The Hall–Kier alpha value is -0.120. The van der Waals surface area contributed by atoms with Crippen LogP contribution in [0, 0.1) is 5.41 Å². The monoisotopic (exact) mass is 283 g/mol. The maximum absolute atomic E-state index is 6.23. The Morgan fingerprint density at radius 2 is 1.90 bits per heavy atom. The van der Waals surface area contributed by atoms with Crippen molar-refractivity contribution in [2.24, 2.45) is 5.41 Å². The summed E-state index contributed by atoms with van der Waals surface area (Å²) in [5.41, 5.74) is 0.454. The first-order chi connectivity index (χ1) is 9.12. The van der Waals surface area contributed by atoms with Crippen LogP contribution in [0.4, 0.5) is 0 Å². The third-order valence-electron chi connectivity index (χ3n) is 4.99. The van der Waals surface area contributed by atoms with Crippen molar-refractivity contribution in [1.29, 1.82) is 0 Å². The van der Waals surface area contributed by atoms with Crippen LogP contribution >= 0.6 is 0 Å². The highest BCUT2D eigenvalue weighted by Gasteiger charge is 2.45. The van der Waals surface area contributed by atoms with Gasteiger partial charge in [0.25, 0.3) is 0 Å². The lowest BCUT2D eigenvalue weighted by Crippen LogP contribution is -2.48. The largest absolute Gasteiger partial charge is 0.378 e. The Morgan fingerprint density at radius 1 is 1.20 bits per heavy atom. The molecule has 2 saturated heterocycles. The van der Waals surface area contributed by atoms with Crippen LogP contribution in [0.15, 0.2) is 0 Å². The molecule has 0 radical (unpaired) electrons. The van der Waals surface area contributed by atoms with E-state index in [1.165, 1.54) is 12.8 Å². The van der Waals surface area contributed by atoms with E-state index >= 15 is 0 Å². The molecule has 2 aliphatic rings. The molecule has 0 aromatic carbocycles. The molecule has 2 rings (SSSR count). The summed E-state index contributed by atoms with van der Waals surface area (Å²) in [5, 5.41) is 3.69. The molecule has 3 heteroatoms. The van der Waals surface area contributed by atoms with Crippen LogP contribution < -0.4 is 5.32 Å². The minimum atomic E-state index is 0.0615. The van der Waals surface area contributed by atoms with Crippen LogP contribution in [0.1, 0.15) is 67.2 Å². The Labute approximate surface area is 124 Å². The summed E-state index contributed by atoms with van der Waals surface area (Å²) in [6, 6.07) is 0. The first kappa shape index (κ1) is 16.3. The molecule has 1 N–H and O–H groups in total. The van der Waals surface area contributed by atoms with Gasteiger partial charge in [0.1, 0.15) is 0 Å². The van der Waals surface area contributed by atoms with E-state index in [1.54, 1.807) is 0 Å². The standard InChI is InChI=1S/C17H33NO2/c1-13-17(9-10-19-13,12-18-15(2,3)4)11-14-7-8-16(5,6)20-14/h13-14,18H,7-12H2,1-6H3. The van der Waals surface area contributed by atoms with Gasteiger partial charge in [0, 0.05) is 24.1 Å². The molecular weight excluding hydrogens is 250 g/mol. The van der Waals surface area contributed by atoms with Crippen LogP contribution in [0.3, 0.4) is 0 Å². The van der Waals surface area contributed by atoms with E-state index in [2.05, 4.69) is 46.9 Å². The minimum Gasteiger partial charge on any atom is -0.378 e. The van der Waals surface area contributed by atoms with Crippen molar-refractivity contribution in [2.75, 3.05) is 13.2 Å². The average molecular weight is 283 g/mol. The lowest BCUT2D eigenvalue weighted by atomic mass is 9.75. The van der Waals surface area contributed by atoms with E-state index in [0.29, 0.717) is 12.2 Å². The topological polar surface area (TPSA) is 30.5 Å². The molecule has 2 fully saturated rings. The maximum Gasteiger partial charge on any atom is 0.0631 e. The lowest BCUT2D eigenvalue weighted by molar-refractivity contribution is -0.0472. The van der Waals surface area contributed by atoms with E-state index in [4.69, 9.17) is 9.47 Å². The Bertz CT molecular complexity index is 334. The number of rotatable bonds is 4. The van der Waals surface area contributed by atoms with Gasteiger partial charge in [0.15, 0.2) is 0 Å². The highest BCUT2D eigenvalue weighted by molar-refractivity contribution is 4.96. The summed E-state index contributed by atoms with van der Waals surface area (Å²) < 4.78 is 12.1. The summed E-state index contributed by atoms with van der Waals surface area (Å²) in [5.74, 6) is 0. The van der Waals surface area contributed by atoms with Gasteiger partial charge in [0.2, 0.25) is 0 Å². The molecule has 3 unspecified atom stereocenters. The molecule has 2 heterocycles. The van der Waals surface area contributed by atoms with Gasteiger partial charge in [-0.1, -0.05) is 0 Å². The van der Waals surface area contributed by atoms with Gasteiger partial charge in [-0.15, -0.1) is 0 Å². The van der Waals surface area contributed by atoms with Crippen molar-refractivity contribution >= 4 is 0 Å². The normalized spacial score (nSPS) is 37.5. The maximum atomic E-state index is 6.23. The SMILES string of the molecule is CC1OCCC1(CNC(C)(C)C)CC1CCC(C)(C)O1. The van der Waals surface area contributed by atoms with Crippen LogP contribution in [-0.4, -0.2) is 36.5 Å². The van der Waals surface area contributed by atoms with Crippen molar-refractivity contribution in [1.82, 2.24) is 5.32 Å². The van der Waals surface area contributed by atoms with Crippen LogP contribution in [0.2, 0.25) is 0 Å². The van der Waals surface area contributed by atoms with Gasteiger partial charge in [-0.25, -0.2) is 0 Å². The van der Waals surface area contributed by atoms with Crippen molar-refractivity contribution in [3.63, 3.8) is 0 Å². The van der Waals surface area contributed by atoms with Crippen molar-refractivity contribution < 1.29 is 9.47 Å². The summed E-state index contributed by atoms with van der Waals surface area (Å²) in [4.78, 5) is 0. The molecule has 0 bridgehead atoms. The minimum absolute atomic E-state index is 0.0615. The molecule has 20 heavy (non-hydrogen) atoms. The third-order valence-corrected chi connectivity index (χ3v) is 4.99. The smallest absolute Gasteiger partial charge is 0.0631 e. The van der Waals surface area contributed by atoms with Crippen molar-refractivity contribution in [3.8, 4) is 0 Å². The van der Waals surface area contributed by atoms with E-state index in [0.717, 1.165) is 26.0 Å². The molecule has 0 amide bonds. The molecule has 3 nitrogen and oxygen atoms in total. The Kier molecular flexibility index (Phi) is 4.54.